The predicted octanol–water partition coefficient (Wildman–Crippen LogP) is 3.13. The number of amides is 1. The third kappa shape index (κ3) is 3.67. The summed E-state index contributed by atoms with van der Waals surface area (Å²) >= 11 is 0. The van der Waals surface area contributed by atoms with E-state index in [1.165, 1.54) is 6.42 Å². The molecule has 0 saturated carbocycles. The summed E-state index contributed by atoms with van der Waals surface area (Å²) in [6, 6.07) is 9.66. The smallest absolute Gasteiger partial charge is 0.253 e. The monoisotopic (exact) mass is 327 g/mol. The van der Waals surface area contributed by atoms with Gasteiger partial charge >= 0.3 is 0 Å². The lowest BCUT2D eigenvalue weighted by molar-refractivity contribution is -0.000187. The second-order valence-corrected chi connectivity index (χ2v) is 6.56. The lowest BCUT2D eigenvalue weighted by atomic mass is 10.1. The van der Waals surface area contributed by atoms with Crippen LogP contribution >= 0.6 is 0 Å². The fraction of sp³-hybridized carbons (Fsp3) is 0.474. The summed E-state index contributed by atoms with van der Waals surface area (Å²) in [5.41, 5.74) is 3.73. The molecule has 1 aromatic heterocycles. The van der Waals surface area contributed by atoms with Gasteiger partial charge in [0.05, 0.1) is 17.5 Å². The zero-order chi connectivity index (χ0) is 17.1. The van der Waals surface area contributed by atoms with Crippen LogP contribution in [0, 0.1) is 13.8 Å². The van der Waals surface area contributed by atoms with Crippen molar-refractivity contribution < 1.29 is 9.53 Å². The van der Waals surface area contributed by atoms with E-state index in [1.807, 2.05) is 55.9 Å². The number of likely N-dealkylation sites (N-methyl/N-ethyl adjacent to an activating group) is 1. The molecular formula is C19H25N3O2. The summed E-state index contributed by atoms with van der Waals surface area (Å²) in [4.78, 5) is 14.3. The van der Waals surface area contributed by atoms with Gasteiger partial charge in [0.1, 0.15) is 0 Å². The van der Waals surface area contributed by atoms with E-state index in [2.05, 4.69) is 5.10 Å². The predicted molar refractivity (Wildman–Crippen MR) is 93.6 cm³/mol. The van der Waals surface area contributed by atoms with E-state index in [1.54, 1.807) is 4.90 Å². The molecular weight excluding hydrogens is 302 g/mol. The Hall–Kier alpha value is -2.14. The third-order valence-electron chi connectivity index (χ3n) is 4.47. The number of hydrogen-bond donors (Lipinski definition) is 0. The maximum atomic E-state index is 12.6. The van der Waals surface area contributed by atoms with Crippen LogP contribution in [0.4, 0.5) is 0 Å². The molecule has 2 heterocycles. The average Bonchev–Trinajstić information content (AvgIpc) is 2.93. The molecule has 0 unspecified atom stereocenters. The highest BCUT2D eigenvalue weighted by molar-refractivity contribution is 5.94. The molecule has 1 saturated heterocycles. The Labute approximate surface area is 143 Å². The highest BCUT2D eigenvalue weighted by atomic mass is 16.5. The number of ether oxygens (including phenoxy) is 1. The lowest BCUT2D eigenvalue weighted by Gasteiger charge is -2.27. The quantitative estimate of drug-likeness (QED) is 0.867. The number of carbonyl (C=O) groups is 1. The van der Waals surface area contributed by atoms with Crippen molar-refractivity contribution in [3.63, 3.8) is 0 Å². The fourth-order valence-electron chi connectivity index (χ4n) is 3.20. The SMILES string of the molecule is Cc1cc(C)n(-c2ccc(C(=O)N(C)C[C@@H]3CCCCO3)cc2)n1. The van der Waals surface area contributed by atoms with E-state index >= 15 is 0 Å². The van der Waals surface area contributed by atoms with Gasteiger partial charge in [0.25, 0.3) is 5.91 Å². The maximum absolute atomic E-state index is 12.6. The molecule has 1 aliphatic rings. The van der Waals surface area contributed by atoms with Crippen LogP contribution in [-0.2, 0) is 4.74 Å². The number of hydrogen-bond acceptors (Lipinski definition) is 3. The van der Waals surface area contributed by atoms with E-state index in [-0.39, 0.29) is 12.0 Å². The average molecular weight is 327 g/mol. The Morgan fingerprint density at radius 1 is 1.29 bits per heavy atom. The van der Waals surface area contributed by atoms with Crippen LogP contribution in [0.3, 0.4) is 0 Å². The van der Waals surface area contributed by atoms with Crippen molar-refractivity contribution in [2.45, 2.75) is 39.2 Å². The summed E-state index contributed by atoms with van der Waals surface area (Å²) in [6.07, 6.45) is 3.52. The van der Waals surface area contributed by atoms with Crippen LogP contribution in [-0.4, -0.2) is 46.9 Å². The molecule has 5 nitrogen and oxygen atoms in total. The lowest BCUT2D eigenvalue weighted by Crippen LogP contribution is -2.37. The minimum absolute atomic E-state index is 0.0316. The number of rotatable bonds is 4. The minimum Gasteiger partial charge on any atom is -0.376 e. The Bertz CT molecular complexity index is 700. The van der Waals surface area contributed by atoms with E-state index in [0.29, 0.717) is 12.1 Å². The third-order valence-corrected chi connectivity index (χ3v) is 4.47. The normalized spacial score (nSPS) is 17.7. The van der Waals surface area contributed by atoms with Gasteiger partial charge in [0, 0.05) is 31.5 Å². The molecule has 24 heavy (non-hydrogen) atoms. The van der Waals surface area contributed by atoms with Gasteiger partial charge in [-0.25, -0.2) is 4.68 Å². The number of aryl methyl sites for hydroxylation is 2. The first kappa shape index (κ1) is 16.7. The molecule has 1 aromatic carbocycles. The summed E-state index contributed by atoms with van der Waals surface area (Å²) < 4.78 is 7.61. The molecule has 0 spiro atoms. The molecule has 0 N–H and O–H groups in total. The first-order valence-electron chi connectivity index (χ1n) is 8.55. The van der Waals surface area contributed by atoms with Crippen molar-refractivity contribution in [1.29, 1.82) is 0 Å². The Morgan fingerprint density at radius 3 is 2.62 bits per heavy atom. The largest absolute Gasteiger partial charge is 0.376 e. The standard InChI is InChI=1S/C19H25N3O2/c1-14-12-15(2)22(20-14)17-9-7-16(8-10-17)19(23)21(3)13-18-6-4-5-11-24-18/h7-10,12,18H,4-6,11,13H2,1-3H3/t18-/m0/s1. The molecule has 0 aliphatic carbocycles. The van der Waals surface area contributed by atoms with Crippen molar-refractivity contribution >= 4 is 5.91 Å². The van der Waals surface area contributed by atoms with Crippen molar-refractivity contribution in [1.82, 2.24) is 14.7 Å². The molecule has 0 bridgehead atoms. The number of nitrogens with zero attached hydrogens (tertiary/aromatic N) is 3. The van der Waals surface area contributed by atoms with E-state index in [9.17, 15) is 4.79 Å². The molecule has 2 aromatic rings. The van der Waals surface area contributed by atoms with Crippen molar-refractivity contribution in [2.75, 3.05) is 20.2 Å². The summed E-state index contributed by atoms with van der Waals surface area (Å²) in [5.74, 6) is 0.0316. The zero-order valence-corrected chi connectivity index (χ0v) is 14.7. The van der Waals surface area contributed by atoms with Gasteiger partial charge in [-0.3, -0.25) is 4.79 Å². The van der Waals surface area contributed by atoms with Gasteiger partial charge in [-0.1, -0.05) is 0 Å². The number of benzene rings is 1. The second kappa shape index (κ2) is 7.18. The highest BCUT2D eigenvalue weighted by Gasteiger charge is 2.19. The Kier molecular flexibility index (Phi) is 5.00. The van der Waals surface area contributed by atoms with Crippen molar-refractivity contribution in [3.8, 4) is 5.69 Å². The Morgan fingerprint density at radius 2 is 2.04 bits per heavy atom. The second-order valence-electron chi connectivity index (χ2n) is 6.56. The molecule has 3 rings (SSSR count). The topological polar surface area (TPSA) is 47.4 Å². The number of aromatic nitrogens is 2. The van der Waals surface area contributed by atoms with Crippen LogP contribution in [0.25, 0.3) is 5.69 Å². The summed E-state index contributed by atoms with van der Waals surface area (Å²) in [6.45, 7) is 5.46. The van der Waals surface area contributed by atoms with Gasteiger partial charge in [-0.2, -0.15) is 5.10 Å². The van der Waals surface area contributed by atoms with Crippen LogP contribution in [0.2, 0.25) is 0 Å². The number of carbonyl (C=O) groups excluding carboxylic acids is 1. The van der Waals surface area contributed by atoms with E-state index < -0.39 is 0 Å². The molecule has 128 valence electrons. The molecule has 0 radical (unpaired) electrons. The maximum Gasteiger partial charge on any atom is 0.253 e. The molecule has 1 aliphatic heterocycles. The van der Waals surface area contributed by atoms with Crippen molar-refractivity contribution in [2.24, 2.45) is 0 Å². The molecule has 1 fully saturated rings. The minimum atomic E-state index is 0.0316. The van der Waals surface area contributed by atoms with Gasteiger partial charge in [-0.15, -0.1) is 0 Å². The summed E-state index contributed by atoms with van der Waals surface area (Å²) in [7, 11) is 1.84. The van der Waals surface area contributed by atoms with Crippen LogP contribution < -0.4 is 0 Å². The van der Waals surface area contributed by atoms with Crippen LogP contribution in [0.1, 0.15) is 41.0 Å². The first-order chi connectivity index (χ1) is 11.5. The van der Waals surface area contributed by atoms with E-state index in [0.717, 1.165) is 36.5 Å². The first-order valence-corrected chi connectivity index (χ1v) is 8.55. The molecule has 1 atom stereocenters. The van der Waals surface area contributed by atoms with Gasteiger partial charge in [-0.05, 0) is 63.4 Å². The Balaban J connectivity index is 1.68. The summed E-state index contributed by atoms with van der Waals surface area (Å²) in [5, 5.41) is 4.47. The highest BCUT2D eigenvalue weighted by Crippen LogP contribution is 2.16. The van der Waals surface area contributed by atoms with Gasteiger partial charge in [0.2, 0.25) is 0 Å². The van der Waals surface area contributed by atoms with E-state index in [4.69, 9.17) is 4.74 Å². The van der Waals surface area contributed by atoms with Gasteiger partial charge in [0.15, 0.2) is 0 Å². The molecule has 5 heteroatoms. The van der Waals surface area contributed by atoms with Crippen LogP contribution in [0.5, 0.6) is 0 Å². The van der Waals surface area contributed by atoms with Crippen molar-refractivity contribution in [3.05, 3.63) is 47.3 Å². The fourth-order valence-corrected chi connectivity index (χ4v) is 3.20. The van der Waals surface area contributed by atoms with Crippen LogP contribution in [0.15, 0.2) is 30.3 Å². The van der Waals surface area contributed by atoms with Gasteiger partial charge < -0.3 is 9.64 Å². The molecule has 1 amide bonds. The zero-order valence-electron chi connectivity index (χ0n) is 14.7.